The van der Waals surface area contributed by atoms with Crippen molar-refractivity contribution in [3.63, 3.8) is 0 Å². The Morgan fingerprint density at radius 2 is 2.00 bits per heavy atom. The number of pyridine rings is 1. The van der Waals surface area contributed by atoms with E-state index in [9.17, 15) is 4.79 Å². The van der Waals surface area contributed by atoms with Crippen molar-refractivity contribution in [3.8, 4) is 0 Å². The normalized spacial score (nSPS) is 16.2. The van der Waals surface area contributed by atoms with Crippen molar-refractivity contribution < 1.29 is 9.53 Å². The van der Waals surface area contributed by atoms with Crippen LogP contribution in [0, 0.1) is 0 Å². The van der Waals surface area contributed by atoms with E-state index in [-0.39, 0.29) is 6.09 Å². The largest absolute Gasteiger partial charge is 0.450 e. The number of hydrogen-bond donors (Lipinski definition) is 0. The van der Waals surface area contributed by atoms with Gasteiger partial charge in [0.15, 0.2) is 0 Å². The monoisotopic (exact) mass is 381 g/mol. The van der Waals surface area contributed by atoms with Crippen molar-refractivity contribution in [2.45, 2.75) is 26.7 Å². The third-order valence-electron chi connectivity index (χ3n) is 5.61. The third-order valence-corrected chi connectivity index (χ3v) is 5.61. The van der Waals surface area contributed by atoms with Gasteiger partial charge in [0.1, 0.15) is 0 Å². The van der Waals surface area contributed by atoms with E-state index in [1.807, 2.05) is 31.0 Å². The van der Waals surface area contributed by atoms with Crippen LogP contribution in [0.15, 0.2) is 18.5 Å². The van der Waals surface area contributed by atoms with Crippen LogP contribution in [0.25, 0.3) is 11.6 Å². The van der Waals surface area contributed by atoms with Crippen LogP contribution in [0.5, 0.6) is 0 Å². The molecule has 2 aromatic heterocycles. The van der Waals surface area contributed by atoms with Gasteiger partial charge in [-0.05, 0) is 31.1 Å². The second-order valence-electron chi connectivity index (χ2n) is 7.19. The highest BCUT2D eigenvalue weighted by Crippen LogP contribution is 2.37. The first kappa shape index (κ1) is 18.5. The fourth-order valence-electron chi connectivity index (χ4n) is 4.15. The standard InChI is InChI=1S/C21H27N5O2/c1-4-19-17(14-23-24(19)3)15-12-16-18(13-15)22-7-6-20(16)25-8-10-26(11-9-25)21(27)28-5-2/h6-7,12,14H,4-5,8-11,13H2,1-3H3. The molecule has 1 amide bonds. The summed E-state index contributed by atoms with van der Waals surface area (Å²) in [5.41, 5.74) is 7.28. The SMILES string of the molecule is CCOC(=O)N1CCN(c2ccnc3c2C=C(c2cnn(C)c2CC)C3)CC1. The summed E-state index contributed by atoms with van der Waals surface area (Å²) in [4.78, 5) is 20.7. The molecule has 0 aromatic carbocycles. The zero-order valence-corrected chi connectivity index (χ0v) is 16.8. The van der Waals surface area contributed by atoms with Crippen molar-refractivity contribution in [2.75, 3.05) is 37.7 Å². The minimum atomic E-state index is -0.215. The van der Waals surface area contributed by atoms with Crippen LogP contribution in [0.2, 0.25) is 0 Å². The maximum absolute atomic E-state index is 11.9. The molecule has 4 rings (SSSR count). The van der Waals surface area contributed by atoms with Gasteiger partial charge in [-0.15, -0.1) is 0 Å². The molecule has 3 heterocycles. The van der Waals surface area contributed by atoms with Crippen molar-refractivity contribution in [3.05, 3.63) is 41.0 Å². The number of piperazine rings is 1. The minimum Gasteiger partial charge on any atom is -0.450 e. The van der Waals surface area contributed by atoms with E-state index in [1.54, 1.807) is 4.90 Å². The molecule has 7 heteroatoms. The molecular weight excluding hydrogens is 354 g/mol. The van der Waals surface area contributed by atoms with Crippen LogP contribution in [0.1, 0.15) is 36.4 Å². The molecule has 0 bridgehead atoms. The molecular formula is C21H27N5O2. The second-order valence-corrected chi connectivity index (χ2v) is 7.19. The van der Waals surface area contributed by atoms with Gasteiger partial charge in [0, 0.05) is 68.4 Å². The molecule has 28 heavy (non-hydrogen) atoms. The lowest BCUT2D eigenvalue weighted by molar-refractivity contribution is 0.105. The van der Waals surface area contributed by atoms with Crippen molar-refractivity contribution in [2.24, 2.45) is 7.05 Å². The van der Waals surface area contributed by atoms with Crippen LogP contribution in [-0.2, 0) is 24.6 Å². The molecule has 1 fully saturated rings. The van der Waals surface area contributed by atoms with E-state index in [1.165, 1.54) is 28.1 Å². The first-order valence-corrected chi connectivity index (χ1v) is 9.98. The van der Waals surface area contributed by atoms with Gasteiger partial charge in [-0.1, -0.05) is 6.92 Å². The van der Waals surface area contributed by atoms with E-state index < -0.39 is 0 Å². The smallest absolute Gasteiger partial charge is 0.409 e. The maximum atomic E-state index is 11.9. The van der Waals surface area contributed by atoms with Gasteiger partial charge in [0.25, 0.3) is 0 Å². The Bertz CT molecular complexity index is 910. The molecule has 1 aliphatic carbocycles. The summed E-state index contributed by atoms with van der Waals surface area (Å²) in [7, 11) is 2.00. The summed E-state index contributed by atoms with van der Waals surface area (Å²) in [6, 6.07) is 2.09. The summed E-state index contributed by atoms with van der Waals surface area (Å²) in [6.45, 7) is 7.36. The molecule has 0 spiro atoms. The zero-order valence-electron chi connectivity index (χ0n) is 16.8. The quantitative estimate of drug-likeness (QED) is 0.815. The van der Waals surface area contributed by atoms with E-state index in [2.05, 4.69) is 34.0 Å². The van der Waals surface area contributed by atoms with Crippen LogP contribution in [0.3, 0.4) is 0 Å². The number of rotatable bonds is 4. The Balaban J connectivity index is 1.56. The van der Waals surface area contributed by atoms with Crippen molar-refractivity contribution >= 4 is 23.4 Å². The van der Waals surface area contributed by atoms with Crippen LogP contribution >= 0.6 is 0 Å². The Hall–Kier alpha value is -2.83. The van der Waals surface area contributed by atoms with Crippen LogP contribution in [0.4, 0.5) is 10.5 Å². The van der Waals surface area contributed by atoms with Crippen LogP contribution < -0.4 is 4.90 Å². The number of nitrogens with zero attached hydrogens (tertiary/aromatic N) is 5. The van der Waals surface area contributed by atoms with E-state index >= 15 is 0 Å². The topological polar surface area (TPSA) is 63.5 Å². The molecule has 7 nitrogen and oxygen atoms in total. The molecule has 148 valence electrons. The summed E-state index contributed by atoms with van der Waals surface area (Å²) in [5, 5.41) is 4.44. The van der Waals surface area contributed by atoms with E-state index in [0.717, 1.165) is 31.6 Å². The molecule has 0 radical (unpaired) electrons. The van der Waals surface area contributed by atoms with Gasteiger partial charge < -0.3 is 14.5 Å². The van der Waals surface area contributed by atoms with Crippen molar-refractivity contribution in [1.82, 2.24) is 19.7 Å². The summed E-state index contributed by atoms with van der Waals surface area (Å²) < 4.78 is 7.08. The first-order valence-electron chi connectivity index (χ1n) is 9.98. The lowest BCUT2D eigenvalue weighted by Gasteiger charge is -2.36. The number of anilines is 1. The molecule has 1 aliphatic heterocycles. The molecule has 2 aliphatic rings. The number of aromatic nitrogens is 3. The third kappa shape index (κ3) is 3.25. The molecule has 1 saturated heterocycles. The van der Waals surface area contributed by atoms with Gasteiger partial charge in [0.05, 0.1) is 18.5 Å². The average molecular weight is 381 g/mol. The van der Waals surface area contributed by atoms with Crippen LogP contribution in [-0.4, -0.2) is 58.5 Å². The number of fused-ring (bicyclic) bond motifs is 1. The van der Waals surface area contributed by atoms with Gasteiger partial charge in [-0.25, -0.2) is 4.79 Å². The minimum absolute atomic E-state index is 0.215. The predicted octanol–water partition coefficient (Wildman–Crippen LogP) is 2.75. The lowest BCUT2D eigenvalue weighted by atomic mass is 10.0. The molecule has 2 aromatic rings. The molecule has 0 atom stereocenters. The molecule has 0 N–H and O–H groups in total. The zero-order chi connectivity index (χ0) is 19.7. The fourth-order valence-corrected chi connectivity index (χ4v) is 4.15. The Morgan fingerprint density at radius 1 is 1.21 bits per heavy atom. The second kappa shape index (κ2) is 7.66. The Kier molecular flexibility index (Phi) is 5.07. The summed E-state index contributed by atoms with van der Waals surface area (Å²) in [6.07, 6.45) is 7.71. The van der Waals surface area contributed by atoms with Crippen molar-refractivity contribution in [1.29, 1.82) is 0 Å². The number of amides is 1. The highest BCUT2D eigenvalue weighted by atomic mass is 16.6. The Labute approximate surface area is 165 Å². The number of hydrogen-bond acceptors (Lipinski definition) is 5. The number of allylic oxidation sites excluding steroid dienone is 1. The predicted molar refractivity (Wildman–Crippen MR) is 109 cm³/mol. The van der Waals surface area contributed by atoms with Gasteiger partial charge in [-0.3, -0.25) is 9.67 Å². The first-order chi connectivity index (χ1) is 13.6. The Morgan fingerprint density at radius 3 is 2.71 bits per heavy atom. The summed E-state index contributed by atoms with van der Waals surface area (Å²) >= 11 is 0. The number of carbonyl (C=O) groups is 1. The van der Waals surface area contributed by atoms with E-state index in [0.29, 0.717) is 19.7 Å². The van der Waals surface area contributed by atoms with E-state index in [4.69, 9.17) is 4.74 Å². The number of aryl methyl sites for hydroxylation is 1. The highest BCUT2D eigenvalue weighted by molar-refractivity contribution is 5.92. The van der Waals surface area contributed by atoms with Gasteiger partial charge in [0.2, 0.25) is 0 Å². The van der Waals surface area contributed by atoms with Gasteiger partial charge >= 0.3 is 6.09 Å². The number of ether oxygens (including phenoxy) is 1. The molecule has 0 saturated carbocycles. The van der Waals surface area contributed by atoms with Gasteiger partial charge in [-0.2, -0.15) is 5.10 Å². The maximum Gasteiger partial charge on any atom is 0.409 e. The summed E-state index contributed by atoms with van der Waals surface area (Å²) in [5.74, 6) is 0. The fraction of sp³-hybridized carbons (Fsp3) is 0.476. The number of carbonyl (C=O) groups excluding carboxylic acids is 1. The molecule has 0 unspecified atom stereocenters. The lowest BCUT2D eigenvalue weighted by Crippen LogP contribution is -2.49. The highest BCUT2D eigenvalue weighted by Gasteiger charge is 2.27. The average Bonchev–Trinajstić information content (AvgIpc) is 3.30.